The summed E-state index contributed by atoms with van der Waals surface area (Å²) in [5.41, 5.74) is 0. The Balaban J connectivity index is 3.17. The number of carbonyl (C=O) groups excluding carboxylic acids is 1. The van der Waals surface area contributed by atoms with E-state index >= 15 is 0 Å². The molecule has 1 amide bonds. The molecule has 148 valence electrons. The molecule has 0 rings (SSSR count). The van der Waals surface area contributed by atoms with Crippen molar-refractivity contribution in [2.45, 2.75) is 104 Å². The van der Waals surface area contributed by atoms with Gasteiger partial charge < -0.3 is 10.1 Å². The molecule has 0 atom stereocenters. The minimum Gasteiger partial charge on any atom is -0.380 e. The first-order chi connectivity index (χ1) is 12.3. The molecule has 0 aromatic carbocycles. The van der Waals surface area contributed by atoms with E-state index in [1.54, 1.807) is 0 Å². The molecule has 0 spiro atoms. The van der Waals surface area contributed by atoms with Crippen LogP contribution < -0.4 is 5.32 Å². The number of carbonyl (C=O) groups is 1. The minimum atomic E-state index is 0.164. The molecule has 0 bridgehead atoms. The molecule has 0 saturated carbocycles. The zero-order chi connectivity index (χ0) is 18.4. The Kier molecular flexibility index (Phi) is 20.5. The van der Waals surface area contributed by atoms with E-state index in [0.29, 0.717) is 26.2 Å². The summed E-state index contributed by atoms with van der Waals surface area (Å²) in [7, 11) is 0. The predicted molar refractivity (Wildman–Crippen MR) is 109 cm³/mol. The van der Waals surface area contributed by atoms with E-state index in [1.807, 2.05) is 6.92 Å². The van der Waals surface area contributed by atoms with Crippen LogP contribution in [0.4, 0.5) is 0 Å². The first-order valence-electron chi connectivity index (χ1n) is 10.8. The summed E-state index contributed by atoms with van der Waals surface area (Å²) >= 11 is 0. The second-order valence-electron chi connectivity index (χ2n) is 6.88. The molecule has 0 aromatic rings. The van der Waals surface area contributed by atoms with Crippen LogP contribution in [0, 0.1) is 0 Å². The Morgan fingerprint density at radius 1 is 0.800 bits per heavy atom. The lowest BCUT2D eigenvalue weighted by Gasteiger charge is -2.05. The average Bonchev–Trinajstić information content (AvgIpc) is 2.62. The van der Waals surface area contributed by atoms with E-state index in [4.69, 9.17) is 4.74 Å². The Bertz CT molecular complexity index is 302. The number of unbranched alkanes of at least 4 members (excludes halogenated alkanes) is 11. The van der Waals surface area contributed by atoms with E-state index in [-0.39, 0.29) is 5.91 Å². The quantitative estimate of drug-likeness (QED) is 0.222. The largest absolute Gasteiger partial charge is 0.380 e. The number of ether oxygens (including phenoxy) is 1. The third kappa shape index (κ3) is 21.1. The zero-order valence-corrected chi connectivity index (χ0v) is 17.0. The van der Waals surface area contributed by atoms with Crippen LogP contribution in [0.3, 0.4) is 0 Å². The molecule has 0 unspecified atom stereocenters. The third-order valence-corrected chi connectivity index (χ3v) is 4.44. The Labute approximate surface area is 157 Å². The smallest absolute Gasteiger partial charge is 0.220 e. The zero-order valence-electron chi connectivity index (χ0n) is 17.0. The second-order valence-corrected chi connectivity index (χ2v) is 6.88. The molecular weight excluding hydrogens is 310 g/mol. The first kappa shape index (κ1) is 24.2. The van der Waals surface area contributed by atoms with Crippen LogP contribution in [-0.2, 0) is 9.53 Å². The molecule has 0 aliphatic carbocycles. The first-order valence-corrected chi connectivity index (χ1v) is 10.8. The molecule has 3 nitrogen and oxygen atoms in total. The van der Waals surface area contributed by atoms with Gasteiger partial charge in [-0.05, 0) is 39.0 Å². The molecule has 0 aliphatic heterocycles. The molecule has 0 aromatic heterocycles. The number of hydrogen-bond acceptors (Lipinski definition) is 2. The van der Waals surface area contributed by atoms with Gasteiger partial charge in [0.05, 0.1) is 6.61 Å². The number of nitrogens with one attached hydrogen (secondary N) is 1. The summed E-state index contributed by atoms with van der Waals surface area (Å²) in [5.74, 6) is 0.164. The van der Waals surface area contributed by atoms with E-state index in [1.165, 1.54) is 77.0 Å². The van der Waals surface area contributed by atoms with Gasteiger partial charge in [0, 0.05) is 19.6 Å². The van der Waals surface area contributed by atoms with E-state index in [2.05, 4.69) is 24.4 Å². The fourth-order valence-electron chi connectivity index (χ4n) is 2.85. The van der Waals surface area contributed by atoms with Gasteiger partial charge in [-0.3, -0.25) is 4.79 Å². The van der Waals surface area contributed by atoms with Gasteiger partial charge in [-0.25, -0.2) is 0 Å². The van der Waals surface area contributed by atoms with E-state index in [0.717, 1.165) is 6.42 Å². The van der Waals surface area contributed by atoms with Crippen LogP contribution in [0.5, 0.6) is 0 Å². The van der Waals surface area contributed by atoms with E-state index in [9.17, 15) is 4.79 Å². The molecular formula is C22H43NO2. The maximum absolute atomic E-state index is 11.6. The van der Waals surface area contributed by atoms with Crippen molar-refractivity contribution >= 4 is 5.91 Å². The maximum Gasteiger partial charge on any atom is 0.220 e. The van der Waals surface area contributed by atoms with Gasteiger partial charge in [-0.1, -0.05) is 70.4 Å². The van der Waals surface area contributed by atoms with Crippen molar-refractivity contribution in [3.8, 4) is 0 Å². The summed E-state index contributed by atoms with van der Waals surface area (Å²) in [5, 5.41) is 2.89. The fourth-order valence-corrected chi connectivity index (χ4v) is 2.85. The number of hydrogen-bond donors (Lipinski definition) is 1. The third-order valence-electron chi connectivity index (χ3n) is 4.44. The monoisotopic (exact) mass is 353 g/mol. The second kappa shape index (κ2) is 21.2. The molecule has 0 heterocycles. The van der Waals surface area contributed by atoms with Crippen LogP contribution in [-0.4, -0.2) is 25.7 Å². The van der Waals surface area contributed by atoms with Gasteiger partial charge in [0.2, 0.25) is 5.91 Å². The highest BCUT2D eigenvalue weighted by atomic mass is 16.5. The van der Waals surface area contributed by atoms with Gasteiger partial charge in [-0.15, -0.1) is 0 Å². The number of allylic oxidation sites excluding steroid dienone is 2. The molecule has 1 N–H and O–H groups in total. The molecule has 0 saturated heterocycles. The van der Waals surface area contributed by atoms with Crippen LogP contribution >= 0.6 is 0 Å². The van der Waals surface area contributed by atoms with Crippen molar-refractivity contribution in [2.75, 3.05) is 19.8 Å². The minimum absolute atomic E-state index is 0.164. The highest BCUT2D eigenvalue weighted by Crippen LogP contribution is 2.09. The SMILES string of the molecule is CCCCCCCCC=CCCCCCCCC(=O)NCCOCC. The molecule has 0 aliphatic rings. The van der Waals surface area contributed by atoms with Crippen molar-refractivity contribution in [1.82, 2.24) is 5.32 Å². The van der Waals surface area contributed by atoms with Crippen molar-refractivity contribution < 1.29 is 9.53 Å². The summed E-state index contributed by atoms with van der Waals surface area (Å²) in [6.45, 7) is 6.20. The Morgan fingerprint density at radius 2 is 1.36 bits per heavy atom. The van der Waals surface area contributed by atoms with Gasteiger partial charge >= 0.3 is 0 Å². The number of amides is 1. The van der Waals surface area contributed by atoms with Crippen molar-refractivity contribution in [2.24, 2.45) is 0 Å². The van der Waals surface area contributed by atoms with Crippen LogP contribution in [0.15, 0.2) is 12.2 Å². The lowest BCUT2D eigenvalue weighted by atomic mass is 10.1. The molecule has 0 radical (unpaired) electrons. The highest BCUT2D eigenvalue weighted by Gasteiger charge is 2.00. The summed E-state index contributed by atoms with van der Waals surface area (Å²) in [4.78, 5) is 11.6. The summed E-state index contributed by atoms with van der Waals surface area (Å²) < 4.78 is 5.19. The van der Waals surface area contributed by atoms with E-state index < -0.39 is 0 Å². The molecule has 0 fully saturated rings. The average molecular weight is 354 g/mol. The van der Waals surface area contributed by atoms with Crippen LogP contribution in [0.2, 0.25) is 0 Å². The number of rotatable bonds is 19. The van der Waals surface area contributed by atoms with Gasteiger partial charge in [-0.2, -0.15) is 0 Å². The van der Waals surface area contributed by atoms with Gasteiger partial charge in [0.1, 0.15) is 0 Å². The summed E-state index contributed by atoms with van der Waals surface area (Å²) in [6.07, 6.45) is 22.1. The van der Waals surface area contributed by atoms with Crippen molar-refractivity contribution in [3.05, 3.63) is 12.2 Å². The van der Waals surface area contributed by atoms with Crippen LogP contribution in [0.25, 0.3) is 0 Å². The summed E-state index contributed by atoms with van der Waals surface area (Å²) in [6, 6.07) is 0. The maximum atomic E-state index is 11.6. The molecule has 3 heteroatoms. The van der Waals surface area contributed by atoms with Crippen LogP contribution in [0.1, 0.15) is 104 Å². The van der Waals surface area contributed by atoms with Gasteiger partial charge in [0.15, 0.2) is 0 Å². The van der Waals surface area contributed by atoms with Crippen molar-refractivity contribution in [3.63, 3.8) is 0 Å². The lowest BCUT2D eigenvalue weighted by molar-refractivity contribution is -0.121. The van der Waals surface area contributed by atoms with Crippen molar-refractivity contribution in [1.29, 1.82) is 0 Å². The van der Waals surface area contributed by atoms with Gasteiger partial charge in [0.25, 0.3) is 0 Å². The fraction of sp³-hybridized carbons (Fsp3) is 0.864. The normalized spacial score (nSPS) is 11.3. The lowest BCUT2D eigenvalue weighted by Crippen LogP contribution is -2.26. The highest BCUT2D eigenvalue weighted by molar-refractivity contribution is 5.75. The predicted octanol–water partition coefficient (Wildman–Crippen LogP) is 6.18. The topological polar surface area (TPSA) is 38.3 Å². The standard InChI is InChI=1S/C22H43NO2/c1-3-5-6-7-8-9-10-11-12-13-14-15-16-17-18-19-22(24)23-20-21-25-4-2/h11-12H,3-10,13-21H2,1-2H3,(H,23,24). The Morgan fingerprint density at radius 3 is 1.96 bits per heavy atom. The Hall–Kier alpha value is -0.830. The molecule has 25 heavy (non-hydrogen) atoms.